The van der Waals surface area contributed by atoms with Crippen molar-refractivity contribution in [2.45, 2.75) is 13.5 Å². The summed E-state index contributed by atoms with van der Waals surface area (Å²) in [5, 5.41) is 4.31. The van der Waals surface area contributed by atoms with Crippen LogP contribution >= 0.6 is 11.6 Å². The van der Waals surface area contributed by atoms with Crippen LogP contribution in [0, 0.1) is 0 Å². The minimum absolute atomic E-state index is 0.145. The molecule has 0 amide bonds. The van der Waals surface area contributed by atoms with Gasteiger partial charge in [0.1, 0.15) is 12.4 Å². The first-order chi connectivity index (χ1) is 11.4. The first kappa shape index (κ1) is 17.6. The van der Waals surface area contributed by atoms with Crippen LogP contribution in [0.1, 0.15) is 23.6 Å². The quantitative estimate of drug-likeness (QED) is 0.775. The lowest BCUT2D eigenvalue weighted by atomic mass is 10.1. The molecule has 0 aliphatic carbocycles. The van der Waals surface area contributed by atoms with Gasteiger partial charge in [-0.1, -0.05) is 36.9 Å². The Hall–Kier alpha value is -2.73. The number of carbonyl (C=O) groups excluding carboxylic acids is 1. The monoisotopic (exact) mass is 348 g/mol. The van der Waals surface area contributed by atoms with Crippen molar-refractivity contribution < 1.29 is 13.9 Å². The number of aromatic nitrogens is 2. The molecule has 2 rings (SSSR count). The molecule has 0 radical (unpaired) electrons. The lowest BCUT2D eigenvalue weighted by Crippen LogP contribution is -2.26. The zero-order valence-electron chi connectivity index (χ0n) is 12.9. The zero-order chi connectivity index (χ0) is 17.9. The molecular weight excluding hydrogens is 335 g/mol. The summed E-state index contributed by atoms with van der Waals surface area (Å²) in [6, 6.07) is 4.76. The summed E-state index contributed by atoms with van der Waals surface area (Å²) in [5.41, 5.74) is -0.0606. The second-order valence-electron chi connectivity index (χ2n) is 4.82. The van der Waals surface area contributed by atoms with E-state index in [1.165, 1.54) is 19.2 Å². The fraction of sp³-hybridized carbons (Fsp3) is 0.118. The third kappa shape index (κ3) is 3.44. The largest absolute Gasteiger partial charge is 0.461 e. The fourth-order valence-corrected chi connectivity index (χ4v) is 2.35. The van der Waals surface area contributed by atoms with Crippen LogP contribution in [0.5, 0.6) is 0 Å². The van der Waals surface area contributed by atoms with Gasteiger partial charge < -0.3 is 4.74 Å². The van der Waals surface area contributed by atoms with E-state index < -0.39 is 17.4 Å². The number of hydrogen-bond donors (Lipinski definition) is 0. The van der Waals surface area contributed by atoms with Gasteiger partial charge in [0.2, 0.25) is 0 Å². The van der Waals surface area contributed by atoms with Gasteiger partial charge in [0.25, 0.3) is 5.56 Å². The molecule has 24 heavy (non-hydrogen) atoms. The van der Waals surface area contributed by atoms with Crippen molar-refractivity contribution in [1.82, 2.24) is 9.78 Å². The number of esters is 1. The summed E-state index contributed by atoms with van der Waals surface area (Å²) >= 11 is 6.13. The Labute approximate surface area is 142 Å². The topological polar surface area (TPSA) is 61.2 Å². The van der Waals surface area contributed by atoms with Crippen LogP contribution in [-0.2, 0) is 16.1 Å². The maximum Gasteiger partial charge on any atom is 0.302 e. The van der Waals surface area contributed by atoms with E-state index >= 15 is 0 Å². The number of ether oxygens (including phenoxy) is 1. The molecule has 2 aromatic rings. The summed E-state index contributed by atoms with van der Waals surface area (Å²) in [5.74, 6) is -1.39. The molecule has 0 bridgehead atoms. The average molecular weight is 349 g/mol. The molecule has 124 valence electrons. The van der Waals surface area contributed by atoms with Gasteiger partial charge in [-0.2, -0.15) is 9.78 Å². The van der Waals surface area contributed by atoms with Crippen LogP contribution in [0.3, 0.4) is 0 Å². The van der Waals surface area contributed by atoms with E-state index in [0.29, 0.717) is 5.56 Å². The Morgan fingerprint density at radius 3 is 2.79 bits per heavy atom. The Bertz CT molecular complexity index is 890. The van der Waals surface area contributed by atoms with Crippen LogP contribution in [0.15, 0.2) is 42.3 Å². The van der Waals surface area contributed by atoms with Crippen LogP contribution in [-0.4, -0.2) is 15.7 Å². The van der Waals surface area contributed by atoms with Gasteiger partial charge in [0.15, 0.2) is 0 Å². The van der Waals surface area contributed by atoms with Gasteiger partial charge in [-0.15, -0.1) is 0 Å². The third-order valence-corrected chi connectivity index (χ3v) is 3.59. The van der Waals surface area contributed by atoms with Crippen molar-refractivity contribution in [3.05, 3.63) is 69.6 Å². The number of benzene rings is 1. The first-order valence-electron chi connectivity index (χ1n) is 6.87. The maximum atomic E-state index is 13.7. The normalized spacial score (nSPS) is 10.3. The highest BCUT2D eigenvalue weighted by atomic mass is 35.5. The van der Waals surface area contributed by atoms with Crippen molar-refractivity contribution in [3.8, 4) is 5.69 Å². The first-order valence-corrected chi connectivity index (χ1v) is 7.25. The highest BCUT2D eigenvalue weighted by Gasteiger charge is 2.17. The van der Waals surface area contributed by atoms with E-state index in [1.54, 1.807) is 18.2 Å². The molecule has 1 aromatic heterocycles. The molecule has 0 aliphatic heterocycles. The van der Waals surface area contributed by atoms with E-state index in [-0.39, 0.29) is 28.4 Å². The Morgan fingerprint density at radius 2 is 2.21 bits per heavy atom. The number of halogens is 2. The van der Waals surface area contributed by atoms with E-state index in [2.05, 4.69) is 18.3 Å². The molecule has 0 saturated heterocycles. The van der Waals surface area contributed by atoms with Gasteiger partial charge in [-0.05, 0) is 12.1 Å². The van der Waals surface area contributed by atoms with Gasteiger partial charge in [0, 0.05) is 23.1 Å². The summed E-state index contributed by atoms with van der Waals surface area (Å²) in [6.07, 6.45) is 2.61. The molecule has 7 heteroatoms. The van der Waals surface area contributed by atoms with E-state index in [0.717, 1.165) is 4.68 Å². The third-order valence-electron chi connectivity index (χ3n) is 3.24. The summed E-state index contributed by atoms with van der Waals surface area (Å²) in [6.45, 7) is 7.81. The highest BCUT2D eigenvalue weighted by Crippen LogP contribution is 2.24. The highest BCUT2D eigenvalue weighted by molar-refractivity contribution is 6.31. The molecule has 0 saturated carbocycles. The minimum atomic E-state index is -0.894. The molecule has 0 atom stereocenters. The molecule has 1 aromatic carbocycles. The molecule has 0 fully saturated rings. The maximum absolute atomic E-state index is 13.7. The smallest absolute Gasteiger partial charge is 0.302 e. The predicted molar refractivity (Wildman–Crippen MR) is 90.5 cm³/mol. The van der Waals surface area contributed by atoms with Gasteiger partial charge >= 0.3 is 5.97 Å². The summed E-state index contributed by atoms with van der Waals surface area (Å²) in [7, 11) is 0. The van der Waals surface area contributed by atoms with E-state index in [4.69, 9.17) is 16.3 Å². The van der Waals surface area contributed by atoms with Crippen molar-refractivity contribution in [3.63, 3.8) is 0 Å². The second-order valence-corrected chi connectivity index (χ2v) is 5.23. The van der Waals surface area contributed by atoms with Crippen LogP contribution in [0.4, 0.5) is 4.39 Å². The lowest BCUT2D eigenvalue weighted by Gasteiger charge is -2.14. The van der Waals surface area contributed by atoms with Crippen LogP contribution in [0.25, 0.3) is 17.6 Å². The van der Waals surface area contributed by atoms with E-state index in [1.807, 2.05) is 0 Å². The summed E-state index contributed by atoms with van der Waals surface area (Å²) < 4.78 is 19.6. The van der Waals surface area contributed by atoms with Gasteiger partial charge in [0.05, 0.1) is 17.4 Å². The van der Waals surface area contributed by atoms with Crippen molar-refractivity contribution in [1.29, 1.82) is 0 Å². The molecular formula is C17H14ClFN2O3. The fourth-order valence-electron chi connectivity index (χ4n) is 2.13. The Kier molecular flexibility index (Phi) is 5.31. The van der Waals surface area contributed by atoms with Crippen molar-refractivity contribution >= 4 is 29.5 Å². The SMILES string of the molecule is C=Cc1cnn(-c2cccc(Cl)c2COC(C)=O)c(=O)c1C(=C)F. The summed E-state index contributed by atoms with van der Waals surface area (Å²) in [4.78, 5) is 23.6. The Balaban J connectivity index is 2.69. The predicted octanol–water partition coefficient (Wildman–Crippen LogP) is 3.53. The Morgan fingerprint density at radius 1 is 1.50 bits per heavy atom. The van der Waals surface area contributed by atoms with Gasteiger partial charge in [-0.25, -0.2) is 4.39 Å². The van der Waals surface area contributed by atoms with Crippen LogP contribution < -0.4 is 5.56 Å². The van der Waals surface area contributed by atoms with Crippen molar-refractivity contribution in [2.75, 3.05) is 0 Å². The molecule has 1 heterocycles. The van der Waals surface area contributed by atoms with Crippen LogP contribution in [0.2, 0.25) is 5.02 Å². The van der Waals surface area contributed by atoms with Crippen molar-refractivity contribution in [2.24, 2.45) is 0 Å². The number of nitrogens with zero attached hydrogens (tertiary/aromatic N) is 2. The number of rotatable bonds is 5. The molecule has 0 spiro atoms. The number of carbonyl (C=O) groups is 1. The van der Waals surface area contributed by atoms with Gasteiger partial charge in [-0.3, -0.25) is 9.59 Å². The molecule has 0 unspecified atom stereocenters. The lowest BCUT2D eigenvalue weighted by molar-refractivity contribution is -0.142. The standard InChI is InChI=1S/C17H14ClFN2O3/c1-4-12-8-20-21(17(23)16(12)10(2)19)15-7-5-6-14(18)13(15)9-24-11(3)22/h4-8H,1-2,9H2,3H3. The zero-order valence-corrected chi connectivity index (χ0v) is 13.6. The molecule has 5 nitrogen and oxygen atoms in total. The molecule has 0 N–H and O–H groups in total. The average Bonchev–Trinajstić information content (AvgIpc) is 2.52. The number of hydrogen-bond acceptors (Lipinski definition) is 4. The second kappa shape index (κ2) is 7.23. The minimum Gasteiger partial charge on any atom is -0.461 e. The van der Waals surface area contributed by atoms with E-state index in [9.17, 15) is 14.0 Å². The molecule has 0 aliphatic rings.